The Morgan fingerprint density at radius 1 is 1.00 bits per heavy atom. The molecule has 0 spiro atoms. The van der Waals surface area contributed by atoms with Gasteiger partial charge in [0.1, 0.15) is 5.60 Å². The zero-order valence-electron chi connectivity index (χ0n) is 14.5. The number of anilines is 1. The fourth-order valence-corrected chi connectivity index (χ4v) is 3.18. The average Bonchev–Trinajstić information content (AvgIpc) is 3.09. The fraction of sp³-hybridized carbons (Fsp3) is 0.316. The molecule has 0 amide bonds. The lowest BCUT2D eigenvalue weighted by Gasteiger charge is -2.41. The van der Waals surface area contributed by atoms with Crippen LogP contribution in [0.15, 0.2) is 54.7 Å². The molecule has 6 nitrogen and oxygen atoms in total. The van der Waals surface area contributed by atoms with E-state index in [9.17, 15) is 0 Å². The number of ether oxygens (including phenoxy) is 1. The molecule has 0 saturated carbocycles. The van der Waals surface area contributed by atoms with Crippen molar-refractivity contribution in [2.24, 2.45) is 0 Å². The molecule has 3 aromatic rings. The van der Waals surface area contributed by atoms with E-state index in [0.717, 1.165) is 30.4 Å². The van der Waals surface area contributed by atoms with Crippen molar-refractivity contribution in [3.05, 3.63) is 66.0 Å². The largest absolute Gasteiger partial charge is 0.367 e. The molecule has 1 aliphatic heterocycles. The zero-order chi connectivity index (χ0) is 17.3. The minimum absolute atomic E-state index is 0.348. The van der Waals surface area contributed by atoms with Crippen LogP contribution in [-0.4, -0.2) is 39.7 Å². The van der Waals surface area contributed by atoms with E-state index >= 15 is 0 Å². The molecule has 1 fully saturated rings. The van der Waals surface area contributed by atoms with Crippen LogP contribution in [0.1, 0.15) is 18.2 Å². The Kier molecular flexibility index (Phi) is 3.97. The third-order valence-corrected chi connectivity index (χ3v) is 4.58. The molecule has 0 bridgehead atoms. The molecule has 3 heterocycles. The summed E-state index contributed by atoms with van der Waals surface area (Å²) < 4.78 is 7.83. The van der Waals surface area contributed by atoms with Gasteiger partial charge >= 0.3 is 0 Å². The van der Waals surface area contributed by atoms with Crippen molar-refractivity contribution in [2.75, 3.05) is 24.6 Å². The normalized spacial score (nSPS) is 20.6. The number of morpholine rings is 1. The van der Waals surface area contributed by atoms with Gasteiger partial charge in [-0.2, -0.15) is 5.10 Å². The maximum Gasteiger partial charge on any atom is 0.175 e. The lowest BCUT2D eigenvalue weighted by molar-refractivity contribution is -0.0468. The highest BCUT2D eigenvalue weighted by Crippen LogP contribution is 2.31. The molecule has 4 rings (SSSR count). The summed E-state index contributed by atoms with van der Waals surface area (Å²) in [6.07, 6.45) is 1.89. The lowest BCUT2D eigenvalue weighted by Crippen LogP contribution is -2.48. The van der Waals surface area contributed by atoms with Crippen molar-refractivity contribution in [3.63, 3.8) is 0 Å². The van der Waals surface area contributed by atoms with Gasteiger partial charge in [0.15, 0.2) is 11.6 Å². The van der Waals surface area contributed by atoms with Gasteiger partial charge in [0.25, 0.3) is 0 Å². The molecular formula is C19H21N5O. The Morgan fingerprint density at radius 3 is 2.44 bits per heavy atom. The second-order valence-corrected chi connectivity index (χ2v) is 6.52. The Hall–Kier alpha value is -2.73. The summed E-state index contributed by atoms with van der Waals surface area (Å²) in [5.74, 6) is 1.58. The number of nitrogens with zero attached hydrogens (tertiary/aromatic N) is 5. The van der Waals surface area contributed by atoms with Crippen molar-refractivity contribution >= 4 is 5.82 Å². The first kappa shape index (κ1) is 15.8. The van der Waals surface area contributed by atoms with Gasteiger partial charge in [0, 0.05) is 12.7 Å². The molecule has 128 valence electrons. The topological polar surface area (TPSA) is 56.1 Å². The number of hydrogen-bond acceptors (Lipinski definition) is 5. The summed E-state index contributed by atoms with van der Waals surface area (Å²) in [6, 6.07) is 16.2. The van der Waals surface area contributed by atoms with Gasteiger partial charge in [-0.05, 0) is 37.6 Å². The number of hydrogen-bond donors (Lipinski definition) is 0. The molecule has 25 heavy (non-hydrogen) atoms. The van der Waals surface area contributed by atoms with Crippen LogP contribution in [0.2, 0.25) is 0 Å². The van der Waals surface area contributed by atoms with E-state index in [-0.39, 0.29) is 5.60 Å². The van der Waals surface area contributed by atoms with Crippen LogP contribution in [0.3, 0.4) is 0 Å². The molecule has 1 aliphatic rings. The van der Waals surface area contributed by atoms with E-state index in [2.05, 4.69) is 39.3 Å². The zero-order valence-corrected chi connectivity index (χ0v) is 14.5. The molecule has 0 aliphatic carbocycles. The highest BCUT2D eigenvalue weighted by Gasteiger charge is 2.34. The minimum atomic E-state index is -0.348. The van der Waals surface area contributed by atoms with Crippen molar-refractivity contribution in [1.82, 2.24) is 20.0 Å². The highest BCUT2D eigenvalue weighted by molar-refractivity contribution is 5.42. The number of benzene rings is 1. The fourth-order valence-electron chi connectivity index (χ4n) is 3.18. The predicted octanol–water partition coefficient (Wildman–Crippen LogP) is 2.72. The SMILES string of the molecule is Cc1ccn(-c2ccc(N3CCOC(C)(c4ccccc4)C3)nn2)n1. The van der Waals surface area contributed by atoms with Gasteiger partial charge in [0.2, 0.25) is 0 Å². The Balaban J connectivity index is 1.55. The highest BCUT2D eigenvalue weighted by atomic mass is 16.5. The van der Waals surface area contributed by atoms with E-state index in [1.165, 1.54) is 5.56 Å². The Labute approximate surface area is 147 Å². The number of rotatable bonds is 3. The smallest absolute Gasteiger partial charge is 0.175 e. The molecule has 1 atom stereocenters. The monoisotopic (exact) mass is 335 g/mol. The van der Waals surface area contributed by atoms with Gasteiger partial charge < -0.3 is 9.64 Å². The van der Waals surface area contributed by atoms with Crippen molar-refractivity contribution < 1.29 is 4.74 Å². The Bertz CT molecular complexity index is 846. The summed E-state index contributed by atoms with van der Waals surface area (Å²) in [6.45, 7) is 6.29. The van der Waals surface area contributed by atoms with Crippen molar-refractivity contribution in [1.29, 1.82) is 0 Å². The van der Waals surface area contributed by atoms with Gasteiger partial charge in [-0.25, -0.2) is 4.68 Å². The van der Waals surface area contributed by atoms with E-state index in [1.807, 2.05) is 49.5 Å². The second kappa shape index (κ2) is 6.29. The third kappa shape index (κ3) is 3.13. The van der Waals surface area contributed by atoms with Crippen LogP contribution in [0.5, 0.6) is 0 Å². The molecule has 1 unspecified atom stereocenters. The predicted molar refractivity (Wildman–Crippen MR) is 95.9 cm³/mol. The minimum Gasteiger partial charge on any atom is -0.367 e. The van der Waals surface area contributed by atoms with Crippen LogP contribution < -0.4 is 4.90 Å². The average molecular weight is 335 g/mol. The van der Waals surface area contributed by atoms with Crippen LogP contribution in [0.25, 0.3) is 5.82 Å². The van der Waals surface area contributed by atoms with E-state index in [4.69, 9.17) is 4.74 Å². The van der Waals surface area contributed by atoms with Crippen molar-refractivity contribution in [2.45, 2.75) is 19.4 Å². The summed E-state index contributed by atoms with van der Waals surface area (Å²) >= 11 is 0. The van der Waals surface area contributed by atoms with Crippen LogP contribution >= 0.6 is 0 Å². The second-order valence-electron chi connectivity index (χ2n) is 6.52. The molecule has 6 heteroatoms. The first-order valence-electron chi connectivity index (χ1n) is 8.45. The van der Waals surface area contributed by atoms with Gasteiger partial charge in [0.05, 0.1) is 18.8 Å². The van der Waals surface area contributed by atoms with Crippen LogP contribution in [-0.2, 0) is 10.3 Å². The maximum absolute atomic E-state index is 6.10. The third-order valence-electron chi connectivity index (χ3n) is 4.58. The van der Waals surface area contributed by atoms with Gasteiger partial charge in [-0.1, -0.05) is 30.3 Å². The van der Waals surface area contributed by atoms with E-state index < -0.39 is 0 Å². The van der Waals surface area contributed by atoms with Crippen LogP contribution in [0.4, 0.5) is 5.82 Å². The number of aromatic nitrogens is 4. The van der Waals surface area contributed by atoms with Gasteiger partial charge in [-0.15, -0.1) is 10.2 Å². The first-order valence-corrected chi connectivity index (χ1v) is 8.45. The first-order chi connectivity index (χ1) is 12.1. The van der Waals surface area contributed by atoms with E-state index in [0.29, 0.717) is 6.61 Å². The van der Waals surface area contributed by atoms with E-state index in [1.54, 1.807) is 4.68 Å². The van der Waals surface area contributed by atoms with Crippen LogP contribution in [0, 0.1) is 6.92 Å². The summed E-state index contributed by atoms with van der Waals surface area (Å²) in [5, 5.41) is 13.1. The molecule has 1 aromatic carbocycles. The summed E-state index contributed by atoms with van der Waals surface area (Å²) in [7, 11) is 0. The quantitative estimate of drug-likeness (QED) is 0.737. The standard InChI is InChI=1S/C19H21N5O/c1-15-10-11-24(22-15)18-9-8-17(20-21-18)23-12-13-25-19(2,14-23)16-6-4-3-5-7-16/h3-11H,12-14H2,1-2H3. The molecule has 2 aromatic heterocycles. The molecule has 0 radical (unpaired) electrons. The molecule has 0 N–H and O–H groups in total. The lowest BCUT2D eigenvalue weighted by atomic mass is 9.94. The summed E-state index contributed by atoms with van der Waals surface area (Å²) in [4.78, 5) is 2.22. The van der Waals surface area contributed by atoms with Gasteiger partial charge in [-0.3, -0.25) is 0 Å². The van der Waals surface area contributed by atoms with Crippen molar-refractivity contribution in [3.8, 4) is 5.82 Å². The summed E-state index contributed by atoms with van der Waals surface area (Å²) in [5.41, 5.74) is 1.79. The Morgan fingerprint density at radius 2 is 1.76 bits per heavy atom. The maximum atomic E-state index is 6.10. The molecular weight excluding hydrogens is 314 g/mol. The molecule has 1 saturated heterocycles. The number of aryl methyl sites for hydroxylation is 1.